The molecule has 2 atom stereocenters. The highest BCUT2D eigenvalue weighted by molar-refractivity contribution is 7.16. The van der Waals surface area contributed by atoms with E-state index in [0.717, 1.165) is 26.4 Å². The SMILES string of the molecule is Cc1ccccc1-c1cc2c(s1)C(C(N)=O)N1CC2N(O)C1=O. The largest absolute Gasteiger partial charge is 0.368 e. The van der Waals surface area contributed by atoms with Crippen molar-refractivity contribution in [2.45, 2.75) is 19.0 Å². The Kier molecular flexibility index (Phi) is 2.97. The van der Waals surface area contributed by atoms with Gasteiger partial charge in [-0.2, -0.15) is 5.06 Å². The predicted molar refractivity (Wildman–Crippen MR) is 84.9 cm³/mol. The van der Waals surface area contributed by atoms with Crippen molar-refractivity contribution < 1.29 is 14.8 Å². The van der Waals surface area contributed by atoms with Gasteiger partial charge in [0.15, 0.2) is 0 Å². The first-order valence-electron chi connectivity index (χ1n) is 7.26. The summed E-state index contributed by atoms with van der Waals surface area (Å²) >= 11 is 1.46. The van der Waals surface area contributed by atoms with Crippen LogP contribution in [0.4, 0.5) is 4.79 Å². The van der Waals surface area contributed by atoms with Crippen molar-refractivity contribution in [2.75, 3.05) is 6.54 Å². The molecule has 118 valence electrons. The number of fused-ring (bicyclic) bond motifs is 4. The fraction of sp³-hybridized carbons (Fsp3) is 0.250. The lowest BCUT2D eigenvalue weighted by Crippen LogP contribution is -2.40. The van der Waals surface area contributed by atoms with E-state index in [1.165, 1.54) is 16.2 Å². The lowest BCUT2D eigenvalue weighted by Gasteiger charge is -2.27. The van der Waals surface area contributed by atoms with E-state index in [2.05, 4.69) is 0 Å². The van der Waals surface area contributed by atoms with E-state index in [1.54, 1.807) is 0 Å². The molecule has 1 aromatic heterocycles. The van der Waals surface area contributed by atoms with Gasteiger partial charge in [0.05, 0.1) is 6.54 Å². The van der Waals surface area contributed by atoms with Gasteiger partial charge in [0.2, 0.25) is 5.91 Å². The number of amides is 3. The molecular formula is C16H15N3O3S. The first-order chi connectivity index (χ1) is 11.0. The zero-order valence-corrected chi connectivity index (χ0v) is 13.2. The molecule has 3 heterocycles. The molecule has 2 aromatic rings. The van der Waals surface area contributed by atoms with Crippen LogP contribution in [0, 0.1) is 6.92 Å². The van der Waals surface area contributed by atoms with E-state index in [9.17, 15) is 14.8 Å². The second-order valence-electron chi connectivity index (χ2n) is 5.85. The Labute approximate surface area is 136 Å². The van der Waals surface area contributed by atoms with Gasteiger partial charge in [-0.1, -0.05) is 24.3 Å². The molecule has 3 amide bonds. The third kappa shape index (κ3) is 1.90. The van der Waals surface area contributed by atoms with Gasteiger partial charge in [-0.3, -0.25) is 10.0 Å². The molecule has 0 radical (unpaired) electrons. The van der Waals surface area contributed by atoms with Crippen molar-refractivity contribution in [3.8, 4) is 10.4 Å². The number of hydrogen-bond acceptors (Lipinski definition) is 4. The Bertz CT molecular complexity index is 832. The third-order valence-corrected chi connectivity index (χ3v) is 5.73. The second-order valence-corrected chi connectivity index (χ2v) is 6.93. The number of hydroxylamine groups is 2. The molecule has 6 nitrogen and oxygen atoms in total. The highest BCUT2D eigenvalue weighted by Gasteiger charge is 2.50. The molecule has 2 aliphatic rings. The summed E-state index contributed by atoms with van der Waals surface area (Å²) in [6.45, 7) is 2.30. The average Bonchev–Trinajstić information content (AvgIpc) is 3.05. The lowest BCUT2D eigenvalue weighted by molar-refractivity contribution is -0.122. The number of primary amides is 1. The Hall–Kier alpha value is -2.38. The van der Waals surface area contributed by atoms with Crippen molar-refractivity contribution in [1.82, 2.24) is 9.96 Å². The van der Waals surface area contributed by atoms with E-state index in [1.807, 2.05) is 37.3 Å². The number of carbonyl (C=O) groups excluding carboxylic acids is 2. The zero-order valence-electron chi connectivity index (χ0n) is 12.4. The van der Waals surface area contributed by atoms with Crippen LogP contribution in [-0.2, 0) is 4.79 Å². The topological polar surface area (TPSA) is 86.9 Å². The van der Waals surface area contributed by atoms with E-state index >= 15 is 0 Å². The molecule has 2 bridgehead atoms. The van der Waals surface area contributed by atoms with E-state index in [0.29, 0.717) is 5.06 Å². The maximum atomic E-state index is 12.1. The summed E-state index contributed by atoms with van der Waals surface area (Å²) in [4.78, 5) is 27.1. The number of urea groups is 1. The summed E-state index contributed by atoms with van der Waals surface area (Å²) in [6.07, 6.45) is 0. The molecule has 2 unspecified atom stereocenters. The van der Waals surface area contributed by atoms with Crippen molar-refractivity contribution in [2.24, 2.45) is 5.73 Å². The number of rotatable bonds is 2. The number of aryl methyl sites for hydroxylation is 1. The van der Waals surface area contributed by atoms with Gasteiger partial charge in [-0.25, -0.2) is 4.79 Å². The normalized spacial score (nSPS) is 22.4. The molecule has 1 saturated heterocycles. The summed E-state index contributed by atoms with van der Waals surface area (Å²) < 4.78 is 0. The Morgan fingerprint density at radius 1 is 1.39 bits per heavy atom. The lowest BCUT2D eigenvalue weighted by atomic mass is 9.97. The molecule has 1 fully saturated rings. The summed E-state index contributed by atoms with van der Waals surface area (Å²) in [5.41, 5.74) is 8.54. The van der Waals surface area contributed by atoms with Crippen molar-refractivity contribution >= 4 is 23.3 Å². The second kappa shape index (κ2) is 4.81. The van der Waals surface area contributed by atoms with Crippen LogP contribution in [0.15, 0.2) is 30.3 Å². The average molecular weight is 329 g/mol. The zero-order chi connectivity index (χ0) is 16.3. The number of nitrogens with zero attached hydrogens (tertiary/aromatic N) is 2. The molecule has 2 aliphatic heterocycles. The van der Waals surface area contributed by atoms with Gasteiger partial charge in [-0.05, 0) is 29.7 Å². The maximum absolute atomic E-state index is 12.1. The Morgan fingerprint density at radius 2 is 2.13 bits per heavy atom. The van der Waals surface area contributed by atoms with Crippen LogP contribution < -0.4 is 5.73 Å². The standard InChI is InChI=1S/C16H15N3O3S/c1-8-4-2-3-5-9(8)12-6-10-11-7-18(16(21)19(11)22)13(15(17)20)14(10)23-12/h2-6,11,13,22H,7H2,1H3,(H2,17,20). The third-order valence-electron chi connectivity index (χ3n) is 4.50. The van der Waals surface area contributed by atoms with Gasteiger partial charge < -0.3 is 10.6 Å². The van der Waals surface area contributed by atoms with Crippen LogP contribution >= 0.6 is 11.3 Å². The smallest absolute Gasteiger partial charge is 0.345 e. The van der Waals surface area contributed by atoms with Gasteiger partial charge >= 0.3 is 6.03 Å². The fourth-order valence-corrected chi connectivity index (χ4v) is 4.78. The van der Waals surface area contributed by atoms with Crippen molar-refractivity contribution in [3.05, 3.63) is 46.3 Å². The number of benzene rings is 1. The molecule has 3 N–H and O–H groups in total. The molecule has 1 aromatic carbocycles. The highest BCUT2D eigenvalue weighted by atomic mass is 32.1. The maximum Gasteiger partial charge on any atom is 0.345 e. The van der Waals surface area contributed by atoms with Gasteiger partial charge in [0.25, 0.3) is 0 Å². The molecule has 0 spiro atoms. The molecule has 7 heteroatoms. The highest BCUT2D eigenvalue weighted by Crippen LogP contribution is 2.48. The van der Waals surface area contributed by atoms with E-state index < -0.39 is 24.0 Å². The number of nitrogens with two attached hydrogens (primary N) is 1. The van der Waals surface area contributed by atoms with E-state index in [-0.39, 0.29) is 6.54 Å². The first kappa shape index (κ1) is 14.2. The first-order valence-corrected chi connectivity index (χ1v) is 8.08. The quantitative estimate of drug-likeness (QED) is 0.830. The predicted octanol–water partition coefficient (Wildman–Crippen LogP) is 2.43. The summed E-state index contributed by atoms with van der Waals surface area (Å²) in [7, 11) is 0. The van der Waals surface area contributed by atoms with Crippen molar-refractivity contribution in [3.63, 3.8) is 0 Å². The number of carbonyl (C=O) groups is 2. The fourth-order valence-electron chi connectivity index (χ4n) is 3.35. The minimum atomic E-state index is -0.811. The van der Waals surface area contributed by atoms with Crippen LogP contribution in [0.25, 0.3) is 10.4 Å². The molecular weight excluding hydrogens is 314 g/mol. The minimum Gasteiger partial charge on any atom is -0.368 e. The van der Waals surface area contributed by atoms with Crippen molar-refractivity contribution in [1.29, 1.82) is 0 Å². The Balaban J connectivity index is 1.89. The molecule has 0 aliphatic carbocycles. The van der Waals surface area contributed by atoms with Crippen LogP contribution in [0.2, 0.25) is 0 Å². The van der Waals surface area contributed by atoms with Gasteiger partial charge in [0.1, 0.15) is 12.1 Å². The summed E-state index contributed by atoms with van der Waals surface area (Å²) in [5, 5.41) is 10.7. The molecule has 0 saturated carbocycles. The monoisotopic (exact) mass is 329 g/mol. The van der Waals surface area contributed by atoms with Gasteiger partial charge in [0, 0.05) is 9.75 Å². The Morgan fingerprint density at radius 3 is 2.83 bits per heavy atom. The minimum absolute atomic E-state index is 0.278. The molecule has 23 heavy (non-hydrogen) atoms. The van der Waals surface area contributed by atoms with Gasteiger partial charge in [-0.15, -0.1) is 11.3 Å². The van der Waals surface area contributed by atoms with Crippen LogP contribution in [-0.4, -0.2) is 33.7 Å². The summed E-state index contributed by atoms with van der Waals surface area (Å²) in [6, 6.07) is 8.12. The number of thiophene rings is 1. The molecule has 4 rings (SSSR count). The van der Waals surface area contributed by atoms with Crippen LogP contribution in [0.5, 0.6) is 0 Å². The summed E-state index contributed by atoms with van der Waals surface area (Å²) in [5.74, 6) is -0.577. The van der Waals surface area contributed by atoms with Crippen LogP contribution in [0.1, 0.15) is 28.1 Å². The van der Waals surface area contributed by atoms with Crippen LogP contribution in [0.3, 0.4) is 0 Å². The van der Waals surface area contributed by atoms with E-state index in [4.69, 9.17) is 5.73 Å². The number of hydrogen-bond donors (Lipinski definition) is 2.